The first-order chi connectivity index (χ1) is 23.1. The SMILES string of the molecule is CNc1ccc(C2(c3ccc(N(C)C)cc3)OC(=O)c3cc4c(cc32)C(c2ccc(NC)cc2)(c2ccc(N(C)C)cc2)OC4=O)cc1. The predicted octanol–water partition coefficient (Wildman–Crippen LogP) is 6.83. The Hall–Kier alpha value is -5.76. The van der Waals surface area contributed by atoms with Gasteiger partial charge in [0.2, 0.25) is 0 Å². The van der Waals surface area contributed by atoms with E-state index in [9.17, 15) is 9.59 Å². The molecule has 0 amide bonds. The summed E-state index contributed by atoms with van der Waals surface area (Å²) in [6, 6.07) is 35.5. The smallest absolute Gasteiger partial charge is 0.340 e. The van der Waals surface area contributed by atoms with Crippen LogP contribution in [-0.4, -0.2) is 54.2 Å². The van der Waals surface area contributed by atoms with E-state index in [-0.39, 0.29) is 0 Å². The van der Waals surface area contributed by atoms with E-state index in [2.05, 4.69) is 10.6 Å². The third-order valence-electron chi connectivity index (χ3n) is 9.59. The summed E-state index contributed by atoms with van der Waals surface area (Å²) in [6.45, 7) is 0. The van der Waals surface area contributed by atoms with Gasteiger partial charge in [0.05, 0.1) is 11.1 Å². The van der Waals surface area contributed by atoms with E-state index in [0.717, 1.165) is 45.0 Å². The van der Waals surface area contributed by atoms with Crippen molar-refractivity contribution in [3.05, 3.63) is 154 Å². The third-order valence-corrected chi connectivity index (χ3v) is 9.59. The van der Waals surface area contributed by atoms with Gasteiger partial charge >= 0.3 is 11.9 Å². The quantitative estimate of drug-likeness (QED) is 0.179. The molecular weight excluding hydrogens is 600 g/mol. The third kappa shape index (κ3) is 4.59. The Labute approximate surface area is 280 Å². The minimum Gasteiger partial charge on any atom is -0.441 e. The van der Waals surface area contributed by atoms with Crippen molar-refractivity contribution in [2.75, 3.05) is 62.7 Å². The second-order valence-electron chi connectivity index (χ2n) is 12.6. The zero-order chi connectivity index (χ0) is 33.8. The summed E-state index contributed by atoms with van der Waals surface area (Å²) in [6.07, 6.45) is 0. The van der Waals surface area contributed by atoms with Gasteiger partial charge in [0.25, 0.3) is 0 Å². The Balaban J connectivity index is 1.52. The molecule has 0 spiro atoms. The van der Waals surface area contributed by atoms with E-state index in [0.29, 0.717) is 22.3 Å². The number of rotatable bonds is 8. The fraction of sp³-hybridized carbons (Fsp3) is 0.200. The molecule has 0 saturated heterocycles. The first-order valence-corrected chi connectivity index (χ1v) is 15.9. The molecule has 2 N–H and O–H groups in total. The Morgan fingerprint density at radius 1 is 0.479 bits per heavy atom. The fourth-order valence-corrected chi connectivity index (χ4v) is 6.94. The van der Waals surface area contributed by atoms with Crippen LogP contribution in [0.4, 0.5) is 22.7 Å². The molecule has 8 heteroatoms. The molecule has 242 valence electrons. The molecule has 0 radical (unpaired) electrons. The van der Waals surface area contributed by atoms with E-state index in [1.807, 2.05) is 155 Å². The molecule has 0 saturated carbocycles. The lowest BCUT2D eigenvalue weighted by molar-refractivity contribution is 0.0244. The van der Waals surface area contributed by atoms with Crippen molar-refractivity contribution in [3.8, 4) is 0 Å². The highest BCUT2D eigenvalue weighted by Crippen LogP contribution is 2.53. The van der Waals surface area contributed by atoms with Crippen LogP contribution < -0.4 is 20.4 Å². The number of esters is 2. The molecule has 5 aromatic carbocycles. The number of carbonyl (C=O) groups excluding carboxylic acids is 2. The first kappa shape index (κ1) is 30.9. The summed E-state index contributed by atoms with van der Waals surface area (Å²) in [5, 5.41) is 6.35. The van der Waals surface area contributed by atoms with Crippen molar-refractivity contribution in [1.29, 1.82) is 0 Å². The molecule has 2 aliphatic rings. The molecule has 0 aliphatic carbocycles. The second kappa shape index (κ2) is 11.5. The molecular formula is C40H38N4O4. The minimum atomic E-state index is -1.28. The van der Waals surface area contributed by atoms with Gasteiger partial charge in [-0.1, -0.05) is 48.5 Å². The zero-order valence-corrected chi connectivity index (χ0v) is 27.9. The number of anilines is 4. The highest BCUT2D eigenvalue weighted by Gasteiger charge is 2.54. The number of nitrogens with one attached hydrogen (secondary N) is 2. The number of benzene rings is 5. The van der Waals surface area contributed by atoms with Crippen LogP contribution in [0.3, 0.4) is 0 Å². The molecule has 2 aliphatic heterocycles. The summed E-state index contributed by atoms with van der Waals surface area (Å²) in [4.78, 5) is 31.8. The van der Waals surface area contributed by atoms with Crippen LogP contribution in [0.2, 0.25) is 0 Å². The van der Waals surface area contributed by atoms with Crippen molar-refractivity contribution >= 4 is 34.7 Å². The fourth-order valence-electron chi connectivity index (χ4n) is 6.94. The van der Waals surface area contributed by atoms with Crippen LogP contribution in [0.25, 0.3) is 0 Å². The van der Waals surface area contributed by atoms with E-state index >= 15 is 0 Å². The van der Waals surface area contributed by atoms with Gasteiger partial charge in [0.1, 0.15) is 0 Å². The van der Waals surface area contributed by atoms with Gasteiger partial charge in [-0.25, -0.2) is 9.59 Å². The topological polar surface area (TPSA) is 83.1 Å². The highest BCUT2D eigenvalue weighted by atomic mass is 16.6. The maximum Gasteiger partial charge on any atom is 0.340 e. The molecule has 2 heterocycles. The normalized spacial score (nSPS) is 19.2. The molecule has 0 aromatic heterocycles. The maximum atomic E-state index is 13.9. The Morgan fingerprint density at radius 3 is 1.08 bits per heavy atom. The lowest BCUT2D eigenvalue weighted by Crippen LogP contribution is -2.32. The van der Waals surface area contributed by atoms with Gasteiger partial charge in [0.15, 0.2) is 11.2 Å². The molecule has 5 aromatic rings. The first-order valence-electron chi connectivity index (χ1n) is 15.9. The minimum absolute atomic E-state index is 0.337. The maximum absolute atomic E-state index is 13.9. The molecule has 0 bridgehead atoms. The number of nitrogens with zero attached hydrogens (tertiary/aromatic N) is 2. The van der Waals surface area contributed by atoms with Crippen LogP contribution in [0.5, 0.6) is 0 Å². The van der Waals surface area contributed by atoms with Crippen LogP contribution in [-0.2, 0) is 20.7 Å². The van der Waals surface area contributed by atoms with Gasteiger partial charge < -0.3 is 29.9 Å². The van der Waals surface area contributed by atoms with E-state index in [4.69, 9.17) is 9.47 Å². The lowest BCUT2D eigenvalue weighted by Gasteiger charge is -2.33. The molecule has 2 atom stereocenters. The summed E-state index contributed by atoms with van der Waals surface area (Å²) in [5.74, 6) is -0.998. The number of fused-ring (bicyclic) bond motifs is 2. The van der Waals surface area contributed by atoms with Crippen LogP contribution in [0, 0.1) is 0 Å². The van der Waals surface area contributed by atoms with Crippen molar-refractivity contribution in [1.82, 2.24) is 0 Å². The lowest BCUT2D eigenvalue weighted by atomic mass is 9.74. The summed E-state index contributed by atoms with van der Waals surface area (Å²) in [7, 11) is 11.7. The van der Waals surface area contributed by atoms with E-state index in [1.165, 1.54) is 0 Å². The molecule has 2 unspecified atom stereocenters. The number of carbonyl (C=O) groups is 2. The standard InChI is InChI=1S/C40H38N4O4/c1-41-29-15-7-25(8-16-29)39(27-11-19-31(20-12-27)43(3)4)35-24-36-34(23-33(35)37(45)47-39)38(46)48-40(36,26-9-17-30(42-2)18-10-26)28-13-21-32(22-14-28)44(5)6/h7-24,41-42H,1-6H3. The molecule has 7 rings (SSSR count). The van der Waals surface area contributed by atoms with Crippen molar-refractivity contribution in [2.45, 2.75) is 11.2 Å². The van der Waals surface area contributed by atoms with Crippen molar-refractivity contribution < 1.29 is 19.1 Å². The average molecular weight is 639 g/mol. The van der Waals surface area contributed by atoms with Gasteiger partial charge in [-0.15, -0.1) is 0 Å². The van der Waals surface area contributed by atoms with Crippen LogP contribution in [0.1, 0.15) is 54.1 Å². The van der Waals surface area contributed by atoms with Gasteiger partial charge in [-0.2, -0.15) is 0 Å². The summed E-state index contributed by atoms with van der Waals surface area (Å²) >= 11 is 0. The van der Waals surface area contributed by atoms with E-state index in [1.54, 1.807) is 6.07 Å². The number of hydrogen-bond donors (Lipinski definition) is 2. The molecule has 48 heavy (non-hydrogen) atoms. The van der Waals surface area contributed by atoms with Crippen molar-refractivity contribution in [2.24, 2.45) is 0 Å². The second-order valence-corrected chi connectivity index (χ2v) is 12.6. The number of hydrogen-bond acceptors (Lipinski definition) is 8. The van der Waals surface area contributed by atoms with Crippen LogP contribution >= 0.6 is 0 Å². The molecule has 8 nitrogen and oxygen atoms in total. The van der Waals surface area contributed by atoms with Gasteiger partial charge in [0, 0.05) is 98.4 Å². The zero-order valence-electron chi connectivity index (χ0n) is 27.9. The molecule has 0 fully saturated rings. The van der Waals surface area contributed by atoms with Crippen LogP contribution in [0.15, 0.2) is 109 Å². The summed E-state index contributed by atoms with van der Waals surface area (Å²) < 4.78 is 13.0. The average Bonchev–Trinajstić information content (AvgIpc) is 3.58. The number of cyclic esters (lactones) is 2. The highest BCUT2D eigenvalue weighted by molar-refractivity contribution is 6.03. The number of ether oxygens (including phenoxy) is 2. The Kier molecular flexibility index (Phi) is 7.39. The monoisotopic (exact) mass is 638 g/mol. The largest absolute Gasteiger partial charge is 0.441 e. The predicted molar refractivity (Wildman–Crippen MR) is 191 cm³/mol. The van der Waals surface area contributed by atoms with Crippen molar-refractivity contribution in [3.63, 3.8) is 0 Å². The van der Waals surface area contributed by atoms with E-state index < -0.39 is 23.1 Å². The Bertz CT molecular complexity index is 1880. The van der Waals surface area contributed by atoms with Gasteiger partial charge in [-0.05, 0) is 60.7 Å². The summed E-state index contributed by atoms with van der Waals surface area (Å²) in [5.41, 5.74) is 6.48. The van der Waals surface area contributed by atoms with Gasteiger partial charge in [-0.3, -0.25) is 0 Å². The Morgan fingerprint density at radius 2 is 0.792 bits per heavy atom.